The van der Waals surface area contributed by atoms with Gasteiger partial charge in [-0.05, 0) is 0 Å². The third-order valence-electron chi connectivity index (χ3n) is 0. The van der Waals surface area contributed by atoms with Gasteiger partial charge in [-0.1, -0.05) is 0 Å². The molecule has 0 heterocycles. The molecule has 0 aromatic rings. The first-order valence-electron chi connectivity index (χ1n) is 0.816. The van der Waals surface area contributed by atoms with E-state index < -0.39 is 9.05 Å². The summed E-state index contributed by atoms with van der Waals surface area (Å²) in [6, 6.07) is 0. The summed E-state index contributed by atoms with van der Waals surface area (Å²) >= 11 is 0. The fraction of sp³-hybridized carbons (Fsp3) is 0. The second kappa shape index (κ2) is 5.92. The molecular weight excluding hydrogens is 304 g/mol. The van der Waals surface area contributed by atoms with E-state index >= 15 is 0 Å². The first kappa shape index (κ1) is 15.9. The molecule has 36 valence electrons. The monoisotopic (exact) mass is 305 g/mol. The molecule has 0 aromatic carbocycles. The molecular formula is GeLaO4Si-. The predicted molar refractivity (Wildman–Crippen MR) is 11.5 cm³/mol. The Morgan fingerprint density at radius 3 is 0.857 bits per heavy atom. The van der Waals surface area contributed by atoms with Crippen molar-refractivity contribution < 1.29 is 54.8 Å². The molecule has 0 saturated carbocycles. The average molecular weight is 304 g/mol. The van der Waals surface area contributed by atoms with Crippen molar-refractivity contribution in [3.05, 3.63) is 0 Å². The van der Waals surface area contributed by atoms with Crippen LogP contribution >= 0.6 is 0 Å². The summed E-state index contributed by atoms with van der Waals surface area (Å²) in [7, 11) is -5.61. The average Bonchev–Trinajstić information content (AvgIpc) is 0.722. The largest absolute Gasteiger partial charge is 3.00 e. The maximum atomic E-state index is 8.58. The number of hydrogen-bond donors (Lipinski definition) is 0. The van der Waals surface area contributed by atoms with Crippen LogP contribution in [0.5, 0.6) is 0 Å². The summed E-state index contributed by atoms with van der Waals surface area (Å²) in [5, 5.41) is 0. The Morgan fingerprint density at radius 1 is 0.857 bits per heavy atom. The van der Waals surface area contributed by atoms with Crippen molar-refractivity contribution in [1.29, 1.82) is 0 Å². The van der Waals surface area contributed by atoms with E-state index in [2.05, 4.69) is 0 Å². The second-order valence-electron chi connectivity index (χ2n) is 0.500. The van der Waals surface area contributed by atoms with Gasteiger partial charge in [0.15, 0.2) is 0 Å². The zero-order valence-corrected chi connectivity index (χ0v) is 9.93. The van der Waals surface area contributed by atoms with Crippen LogP contribution in [0.25, 0.3) is 0 Å². The van der Waals surface area contributed by atoms with Crippen LogP contribution in [-0.4, -0.2) is 26.6 Å². The fourth-order valence-corrected chi connectivity index (χ4v) is 0. The van der Waals surface area contributed by atoms with Crippen LogP contribution in [0.15, 0.2) is 0 Å². The predicted octanol–water partition coefficient (Wildman–Crippen LogP) is -5.52. The molecule has 0 spiro atoms. The van der Waals surface area contributed by atoms with Gasteiger partial charge in [0, 0.05) is 17.6 Å². The third-order valence-corrected chi connectivity index (χ3v) is 0. The molecule has 0 unspecified atom stereocenters. The van der Waals surface area contributed by atoms with Gasteiger partial charge >= 0.3 is 35.6 Å². The van der Waals surface area contributed by atoms with Gasteiger partial charge in [-0.2, -0.15) is 0 Å². The standard InChI is InChI=1S/Ge.La.O4Si/c;;1-5(2,3)4/q;+3;-4. The summed E-state index contributed by atoms with van der Waals surface area (Å²) < 4.78 is 0. The van der Waals surface area contributed by atoms with Crippen molar-refractivity contribution in [1.82, 2.24) is 0 Å². The topological polar surface area (TPSA) is 92.2 Å². The van der Waals surface area contributed by atoms with Crippen LogP contribution in [0.3, 0.4) is 0 Å². The van der Waals surface area contributed by atoms with E-state index in [1.165, 1.54) is 0 Å². The Morgan fingerprint density at radius 2 is 0.857 bits per heavy atom. The molecule has 0 aliphatic rings. The Bertz CT molecular complexity index is 27.2. The zero-order valence-electron chi connectivity index (χ0n) is 3.21. The van der Waals surface area contributed by atoms with Crippen LogP contribution < -0.4 is 19.2 Å². The van der Waals surface area contributed by atoms with Gasteiger partial charge < -0.3 is 28.2 Å². The van der Waals surface area contributed by atoms with Crippen molar-refractivity contribution in [2.24, 2.45) is 0 Å². The van der Waals surface area contributed by atoms with Gasteiger partial charge in [0.1, 0.15) is 0 Å². The molecule has 0 atom stereocenters. The molecule has 4 nitrogen and oxygen atoms in total. The third kappa shape index (κ3) is 81.3. The van der Waals surface area contributed by atoms with E-state index in [0.29, 0.717) is 0 Å². The summed E-state index contributed by atoms with van der Waals surface area (Å²) in [5.41, 5.74) is 0. The van der Waals surface area contributed by atoms with Crippen molar-refractivity contribution >= 4 is 26.6 Å². The molecule has 7 heteroatoms. The summed E-state index contributed by atoms with van der Waals surface area (Å²) in [4.78, 5) is 34.3. The Hall–Kier alpha value is 1.79. The Kier molecular flexibility index (Phi) is 13.5. The Labute approximate surface area is 80.6 Å². The van der Waals surface area contributed by atoms with Crippen molar-refractivity contribution in [2.75, 3.05) is 0 Å². The fourth-order valence-electron chi connectivity index (χ4n) is 0. The quantitative estimate of drug-likeness (QED) is 0.417. The zero-order chi connectivity index (χ0) is 4.50. The molecule has 0 bridgehead atoms. The summed E-state index contributed by atoms with van der Waals surface area (Å²) in [6.45, 7) is 0. The maximum Gasteiger partial charge on any atom is 3.00 e. The minimum atomic E-state index is -5.61. The van der Waals surface area contributed by atoms with Gasteiger partial charge in [0.2, 0.25) is 0 Å². The van der Waals surface area contributed by atoms with Gasteiger partial charge in [0.05, 0.1) is 0 Å². The van der Waals surface area contributed by atoms with Crippen LogP contribution in [0, 0.1) is 35.6 Å². The van der Waals surface area contributed by atoms with E-state index in [-0.39, 0.29) is 53.2 Å². The van der Waals surface area contributed by atoms with E-state index in [4.69, 9.17) is 19.2 Å². The minimum Gasteiger partial charge on any atom is -0.894 e. The van der Waals surface area contributed by atoms with Crippen LogP contribution in [0.2, 0.25) is 0 Å². The number of hydrogen-bond acceptors (Lipinski definition) is 4. The maximum absolute atomic E-state index is 8.58. The molecule has 0 amide bonds. The van der Waals surface area contributed by atoms with Crippen LogP contribution in [-0.2, 0) is 0 Å². The van der Waals surface area contributed by atoms with Gasteiger partial charge in [-0.15, -0.1) is 0 Å². The number of rotatable bonds is 0. The normalized spacial score (nSPS) is 8.57. The van der Waals surface area contributed by atoms with Crippen molar-refractivity contribution in [3.8, 4) is 0 Å². The van der Waals surface area contributed by atoms with E-state index in [0.717, 1.165) is 0 Å². The molecule has 0 aliphatic heterocycles. The summed E-state index contributed by atoms with van der Waals surface area (Å²) in [6.07, 6.45) is 0. The first-order chi connectivity index (χ1) is 2.00. The van der Waals surface area contributed by atoms with Gasteiger partial charge in [-0.25, -0.2) is 0 Å². The molecule has 0 fully saturated rings. The van der Waals surface area contributed by atoms with E-state index in [1.54, 1.807) is 0 Å². The molecule has 0 rings (SSSR count). The van der Waals surface area contributed by atoms with E-state index in [1.807, 2.05) is 0 Å². The molecule has 0 saturated heterocycles. The second-order valence-corrected chi connectivity index (χ2v) is 1.50. The SMILES string of the molecule is [Ge].[La+3].[O-][Si]([O-])([O-])[O-]. The van der Waals surface area contributed by atoms with Crippen molar-refractivity contribution in [2.45, 2.75) is 0 Å². The molecule has 0 aromatic heterocycles. The van der Waals surface area contributed by atoms with Gasteiger partial charge in [-0.3, -0.25) is 0 Å². The molecule has 0 N–H and O–H groups in total. The van der Waals surface area contributed by atoms with Crippen LogP contribution in [0.1, 0.15) is 0 Å². The summed E-state index contributed by atoms with van der Waals surface area (Å²) in [5.74, 6) is 0. The van der Waals surface area contributed by atoms with Crippen molar-refractivity contribution in [3.63, 3.8) is 0 Å². The Balaban J connectivity index is -0.0000000800. The molecule has 0 aliphatic carbocycles. The molecule has 7 heavy (non-hydrogen) atoms. The first-order valence-corrected chi connectivity index (χ1v) is 2.45. The van der Waals surface area contributed by atoms with E-state index in [9.17, 15) is 0 Å². The van der Waals surface area contributed by atoms with Crippen LogP contribution in [0.4, 0.5) is 0 Å². The smallest absolute Gasteiger partial charge is 0.894 e. The minimum absolute atomic E-state index is 0. The molecule has 4 radical (unpaired) electrons. The van der Waals surface area contributed by atoms with Gasteiger partial charge in [0.25, 0.3) is 0 Å².